The highest BCUT2D eigenvalue weighted by Gasteiger charge is 2.21. The van der Waals surface area contributed by atoms with E-state index >= 15 is 0 Å². The molecule has 1 atom stereocenters. The minimum atomic E-state index is -0.898. The molecule has 0 unspecified atom stereocenters. The van der Waals surface area contributed by atoms with Gasteiger partial charge in [-0.1, -0.05) is 57.6 Å². The molecule has 0 aromatic heterocycles. The average Bonchev–Trinajstić information content (AvgIpc) is 2.71. The number of esters is 2. The Bertz CT molecular complexity index is 509. The van der Waals surface area contributed by atoms with Crippen LogP contribution in [0.15, 0.2) is 23.5 Å². The van der Waals surface area contributed by atoms with Crippen LogP contribution in [0.3, 0.4) is 0 Å². The first-order valence-electron chi connectivity index (χ1n) is 11.0. The van der Waals surface area contributed by atoms with Crippen molar-refractivity contribution in [2.45, 2.75) is 97.0 Å². The highest BCUT2D eigenvalue weighted by Crippen LogP contribution is 2.16. The molecule has 0 spiro atoms. The minimum Gasteiger partial charge on any atom is -0.501 e. The topological polar surface area (TPSA) is 93.1 Å². The van der Waals surface area contributed by atoms with Crippen molar-refractivity contribution in [1.82, 2.24) is 0 Å². The Hall–Kier alpha value is -1.82. The lowest BCUT2D eigenvalue weighted by Crippen LogP contribution is -2.15. The van der Waals surface area contributed by atoms with Crippen LogP contribution in [0.5, 0.6) is 0 Å². The lowest BCUT2D eigenvalue weighted by Gasteiger charge is -2.08. The number of methoxy groups -OCH3 is 1. The molecule has 29 heavy (non-hydrogen) atoms. The molecule has 0 aliphatic rings. The zero-order valence-electron chi connectivity index (χ0n) is 18.5. The van der Waals surface area contributed by atoms with Gasteiger partial charge in [0.2, 0.25) is 5.76 Å². The van der Waals surface area contributed by atoms with E-state index in [1.54, 1.807) is 6.92 Å². The van der Waals surface area contributed by atoms with Gasteiger partial charge in [0.1, 0.15) is 0 Å². The molecule has 6 heteroatoms. The second-order valence-electron chi connectivity index (χ2n) is 7.20. The Morgan fingerprint density at radius 3 is 2.28 bits per heavy atom. The van der Waals surface area contributed by atoms with Gasteiger partial charge in [0.05, 0.1) is 25.4 Å². The van der Waals surface area contributed by atoms with Crippen LogP contribution in [0.2, 0.25) is 0 Å². The number of carbonyl (C=O) groups excluding carboxylic acids is 2. The quantitative estimate of drug-likeness (QED) is 0.113. The highest BCUT2D eigenvalue weighted by atomic mass is 16.5. The van der Waals surface area contributed by atoms with E-state index in [9.17, 15) is 19.8 Å². The largest absolute Gasteiger partial charge is 0.501 e. The summed E-state index contributed by atoms with van der Waals surface area (Å²) in [5.41, 5.74) is -0.0289. The third kappa shape index (κ3) is 13.9. The predicted molar refractivity (Wildman–Crippen MR) is 115 cm³/mol. The van der Waals surface area contributed by atoms with Gasteiger partial charge in [-0.25, -0.2) is 9.59 Å². The van der Waals surface area contributed by atoms with E-state index in [-0.39, 0.29) is 24.7 Å². The standard InChI is InChI=1S/C23H40O6/c1-4-6-7-13-16-19(24)17-14-11-9-8-10-12-15-18-20(22(26)28-3)21(25)23(27)29-5-2/h11,14,19,24-25H,4-10,12-13,15-18H2,1-3H3/b14-11-,21-20+/t19-/m0/s1. The van der Waals surface area contributed by atoms with Crippen molar-refractivity contribution < 1.29 is 29.3 Å². The molecule has 0 amide bonds. The number of rotatable bonds is 17. The summed E-state index contributed by atoms with van der Waals surface area (Å²) >= 11 is 0. The number of hydrogen-bond acceptors (Lipinski definition) is 6. The summed E-state index contributed by atoms with van der Waals surface area (Å²) in [5.74, 6) is -2.26. The fourth-order valence-corrected chi connectivity index (χ4v) is 2.98. The first-order chi connectivity index (χ1) is 14.0. The van der Waals surface area contributed by atoms with Crippen molar-refractivity contribution in [3.05, 3.63) is 23.5 Å². The first-order valence-corrected chi connectivity index (χ1v) is 11.0. The lowest BCUT2D eigenvalue weighted by molar-refractivity contribution is -0.143. The molecule has 0 rings (SSSR count). The van der Waals surface area contributed by atoms with Crippen molar-refractivity contribution in [1.29, 1.82) is 0 Å². The molecule has 0 aliphatic heterocycles. The lowest BCUT2D eigenvalue weighted by atomic mass is 10.0. The number of aliphatic hydroxyl groups excluding tert-OH is 2. The molecule has 0 bridgehead atoms. The van der Waals surface area contributed by atoms with E-state index in [1.165, 1.54) is 26.4 Å². The summed E-state index contributed by atoms with van der Waals surface area (Å²) in [7, 11) is 1.22. The highest BCUT2D eigenvalue weighted by molar-refractivity contribution is 5.98. The Kier molecular flexibility index (Phi) is 17.1. The van der Waals surface area contributed by atoms with Crippen LogP contribution in [0.1, 0.15) is 90.9 Å². The maximum absolute atomic E-state index is 11.8. The second-order valence-corrected chi connectivity index (χ2v) is 7.20. The Balaban J connectivity index is 4.02. The van der Waals surface area contributed by atoms with Gasteiger partial charge in [-0.05, 0) is 45.4 Å². The number of ether oxygens (including phenoxy) is 2. The third-order valence-corrected chi connectivity index (χ3v) is 4.70. The second kappa shape index (κ2) is 18.2. The molecule has 0 radical (unpaired) electrons. The van der Waals surface area contributed by atoms with Gasteiger partial charge in [0, 0.05) is 0 Å². The third-order valence-electron chi connectivity index (χ3n) is 4.70. The molecule has 0 saturated carbocycles. The summed E-state index contributed by atoms with van der Waals surface area (Å²) in [5, 5.41) is 19.8. The zero-order chi connectivity index (χ0) is 21.9. The molecule has 0 saturated heterocycles. The molecule has 0 fully saturated rings. The molecule has 2 N–H and O–H groups in total. The zero-order valence-corrected chi connectivity index (χ0v) is 18.5. The van der Waals surface area contributed by atoms with Crippen LogP contribution < -0.4 is 0 Å². The van der Waals surface area contributed by atoms with Crippen LogP contribution in [-0.4, -0.2) is 42.0 Å². The Morgan fingerprint density at radius 2 is 1.62 bits per heavy atom. The van der Waals surface area contributed by atoms with Gasteiger partial charge in [-0.3, -0.25) is 0 Å². The predicted octanol–water partition coefficient (Wildman–Crippen LogP) is 5.15. The van der Waals surface area contributed by atoms with Crippen LogP contribution in [0.4, 0.5) is 0 Å². The first kappa shape index (κ1) is 27.2. The van der Waals surface area contributed by atoms with E-state index in [0.717, 1.165) is 38.5 Å². The fourth-order valence-electron chi connectivity index (χ4n) is 2.98. The number of aliphatic hydroxyl groups is 2. The Labute approximate surface area is 176 Å². The van der Waals surface area contributed by atoms with Crippen molar-refractivity contribution >= 4 is 11.9 Å². The summed E-state index contributed by atoms with van der Waals surface area (Å²) in [6.07, 6.45) is 15.0. The molecule has 6 nitrogen and oxygen atoms in total. The molecule has 168 valence electrons. The number of carbonyl (C=O) groups is 2. The van der Waals surface area contributed by atoms with Gasteiger partial charge in [-0.2, -0.15) is 0 Å². The van der Waals surface area contributed by atoms with E-state index < -0.39 is 17.7 Å². The molecule has 0 heterocycles. The summed E-state index contributed by atoms with van der Waals surface area (Å²) in [4.78, 5) is 23.4. The smallest absolute Gasteiger partial charge is 0.373 e. The van der Waals surface area contributed by atoms with E-state index in [1.807, 2.05) is 0 Å². The number of unbranched alkanes of at least 4 members (excludes halogenated alkanes) is 7. The monoisotopic (exact) mass is 412 g/mol. The van der Waals surface area contributed by atoms with Gasteiger partial charge in [-0.15, -0.1) is 0 Å². The van der Waals surface area contributed by atoms with Crippen LogP contribution >= 0.6 is 0 Å². The molecular weight excluding hydrogens is 372 g/mol. The van der Waals surface area contributed by atoms with E-state index in [2.05, 4.69) is 23.8 Å². The Morgan fingerprint density at radius 1 is 0.931 bits per heavy atom. The van der Waals surface area contributed by atoms with Gasteiger partial charge >= 0.3 is 11.9 Å². The van der Waals surface area contributed by atoms with E-state index in [0.29, 0.717) is 12.8 Å². The average molecular weight is 413 g/mol. The van der Waals surface area contributed by atoms with Gasteiger partial charge in [0.15, 0.2) is 0 Å². The van der Waals surface area contributed by atoms with Crippen molar-refractivity contribution in [3.8, 4) is 0 Å². The fraction of sp³-hybridized carbons (Fsp3) is 0.739. The van der Waals surface area contributed by atoms with Crippen LogP contribution in [0, 0.1) is 0 Å². The number of hydrogen-bond donors (Lipinski definition) is 2. The van der Waals surface area contributed by atoms with Gasteiger partial charge in [0.25, 0.3) is 0 Å². The summed E-state index contributed by atoms with van der Waals surface area (Å²) in [6, 6.07) is 0. The van der Waals surface area contributed by atoms with Gasteiger partial charge < -0.3 is 19.7 Å². The normalized spacial score (nSPS) is 13.2. The summed E-state index contributed by atoms with van der Waals surface area (Å²) < 4.78 is 9.38. The molecule has 0 aliphatic carbocycles. The minimum absolute atomic E-state index is 0.0289. The maximum atomic E-state index is 11.8. The van der Waals surface area contributed by atoms with Crippen molar-refractivity contribution in [2.75, 3.05) is 13.7 Å². The molecule has 0 aromatic rings. The number of allylic oxidation sites excluding steroid dienone is 1. The SMILES string of the molecule is CCCCCC[C@H](O)C/C=C\CCCCCC/C(C(=O)OC)=C(\O)C(=O)OCC. The molecule has 0 aromatic carbocycles. The summed E-state index contributed by atoms with van der Waals surface area (Å²) in [6.45, 7) is 3.94. The maximum Gasteiger partial charge on any atom is 0.373 e. The van der Waals surface area contributed by atoms with Crippen LogP contribution in [-0.2, 0) is 19.1 Å². The van der Waals surface area contributed by atoms with Crippen molar-refractivity contribution in [3.63, 3.8) is 0 Å². The van der Waals surface area contributed by atoms with Crippen molar-refractivity contribution in [2.24, 2.45) is 0 Å². The van der Waals surface area contributed by atoms with E-state index in [4.69, 9.17) is 4.74 Å². The molecular formula is C23H40O6. The van der Waals surface area contributed by atoms with Crippen LogP contribution in [0.25, 0.3) is 0 Å².